The predicted molar refractivity (Wildman–Crippen MR) is 78.2 cm³/mol. The summed E-state index contributed by atoms with van der Waals surface area (Å²) in [4.78, 5) is 0. The maximum atomic E-state index is 13.7. The summed E-state index contributed by atoms with van der Waals surface area (Å²) in [6.07, 6.45) is 0.485. The van der Waals surface area contributed by atoms with E-state index in [0.717, 1.165) is 0 Å². The van der Waals surface area contributed by atoms with Gasteiger partial charge in [0.2, 0.25) is 0 Å². The zero-order valence-electron chi connectivity index (χ0n) is 12.1. The Bertz CT molecular complexity index is 550. The number of para-hydroxylation sites is 1. The van der Waals surface area contributed by atoms with Gasteiger partial charge in [0.25, 0.3) is 0 Å². The summed E-state index contributed by atoms with van der Waals surface area (Å²) in [5, 5.41) is 0. The minimum atomic E-state index is -3.28. The molecular weight excluding hydrogens is 281 g/mol. The van der Waals surface area contributed by atoms with Gasteiger partial charge in [-0.15, -0.1) is 0 Å². The Morgan fingerprint density at radius 3 is 2.50 bits per heavy atom. The third kappa shape index (κ3) is 4.18. The first-order valence-electron chi connectivity index (χ1n) is 6.51. The Labute approximate surface area is 120 Å². The van der Waals surface area contributed by atoms with Crippen LogP contribution in [0.25, 0.3) is 0 Å². The quantitative estimate of drug-likeness (QED) is 0.871. The van der Waals surface area contributed by atoms with Crippen molar-refractivity contribution in [3.8, 4) is 5.75 Å². The van der Waals surface area contributed by atoms with E-state index in [1.54, 1.807) is 32.9 Å². The molecule has 0 amide bonds. The van der Waals surface area contributed by atoms with Gasteiger partial charge in [-0.05, 0) is 45.4 Å². The number of nitrogens with two attached hydrogens (primary N) is 1. The molecule has 0 saturated heterocycles. The van der Waals surface area contributed by atoms with Gasteiger partial charge < -0.3 is 10.5 Å². The molecule has 0 aromatic heterocycles. The summed E-state index contributed by atoms with van der Waals surface area (Å²) in [5.74, 6) is -0.543. The second-order valence-electron chi connectivity index (χ2n) is 5.55. The van der Waals surface area contributed by atoms with Gasteiger partial charge in [0.05, 0.1) is 10.5 Å². The number of halogens is 1. The molecule has 1 aromatic rings. The van der Waals surface area contributed by atoms with Crippen molar-refractivity contribution in [1.82, 2.24) is 0 Å². The zero-order valence-corrected chi connectivity index (χ0v) is 13.0. The summed E-state index contributed by atoms with van der Waals surface area (Å²) >= 11 is 0. The lowest BCUT2D eigenvalue weighted by molar-refractivity contribution is 0.317. The van der Waals surface area contributed by atoms with E-state index in [4.69, 9.17) is 10.5 Å². The molecule has 0 bridgehead atoms. The standard InChI is InChI=1S/C14H22FNO3S/c1-14(2,3)20(17,18)10-9-19-13-11(7-8-16)5-4-6-12(13)15/h4-6H,7-10,16H2,1-3H3. The maximum absolute atomic E-state index is 13.7. The van der Waals surface area contributed by atoms with Crippen molar-refractivity contribution in [2.75, 3.05) is 18.9 Å². The molecule has 114 valence electrons. The number of sulfone groups is 1. The van der Waals surface area contributed by atoms with Crippen LogP contribution >= 0.6 is 0 Å². The second-order valence-corrected chi connectivity index (χ2v) is 8.41. The van der Waals surface area contributed by atoms with E-state index in [1.165, 1.54) is 6.07 Å². The van der Waals surface area contributed by atoms with Crippen LogP contribution in [0.3, 0.4) is 0 Å². The Morgan fingerprint density at radius 1 is 1.30 bits per heavy atom. The van der Waals surface area contributed by atoms with Gasteiger partial charge in [-0.3, -0.25) is 0 Å². The van der Waals surface area contributed by atoms with Crippen molar-refractivity contribution in [1.29, 1.82) is 0 Å². The molecule has 20 heavy (non-hydrogen) atoms. The molecule has 0 aliphatic carbocycles. The summed E-state index contributed by atoms with van der Waals surface area (Å²) < 4.78 is 42.1. The van der Waals surface area contributed by atoms with E-state index in [-0.39, 0.29) is 18.1 Å². The van der Waals surface area contributed by atoms with Crippen molar-refractivity contribution < 1.29 is 17.5 Å². The van der Waals surface area contributed by atoms with Gasteiger partial charge in [0.15, 0.2) is 21.4 Å². The van der Waals surface area contributed by atoms with E-state index < -0.39 is 20.4 Å². The van der Waals surface area contributed by atoms with Gasteiger partial charge in [0, 0.05) is 0 Å². The predicted octanol–water partition coefficient (Wildman–Crippen LogP) is 1.92. The van der Waals surface area contributed by atoms with Crippen LogP contribution in [0, 0.1) is 5.82 Å². The highest BCUT2D eigenvalue weighted by molar-refractivity contribution is 7.92. The summed E-state index contributed by atoms with van der Waals surface area (Å²) in [5.41, 5.74) is 6.11. The number of hydrogen-bond donors (Lipinski definition) is 1. The lowest BCUT2D eigenvalue weighted by atomic mass is 10.1. The molecule has 2 N–H and O–H groups in total. The summed E-state index contributed by atoms with van der Waals surface area (Å²) in [6.45, 7) is 5.19. The Hall–Kier alpha value is -1.14. The first-order valence-corrected chi connectivity index (χ1v) is 8.17. The molecule has 0 unspecified atom stereocenters. The molecule has 0 aliphatic heterocycles. The van der Waals surface area contributed by atoms with Crippen LogP contribution in [-0.2, 0) is 16.3 Å². The molecule has 4 nitrogen and oxygen atoms in total. The molecule has 0 spiro atoms. The van der Waals surface area contributed by atoms with Crippen molar-refractivity contribution in [2.24, 2.45) is 5.73 Å². The monoisotopic (exact) mass is 303 g/mol. The normalized spacial score (nSPS) is 12.4. The molecule has 0 heterocycles. The highest BCUT2D eigenvalue weighted by atomic mass is 32.2. The molecule has 1 rings (SSSR count). The minimum absolute atomic E-state index is 0.0713. The molecule has 0 atom stereocenters. The maximum Gasteiger partial charge on any atom is 0.165 e. The number of hydrogen-bond acceptors (Lipinski definition) is 4. The van der Waals surface area contributed by atoms with Gasteiger partial charge in [-0.2, -0.15) is 0 Å². The second kappa shape index (κ2) is 6.54. The molecular formula is C14H22FNO3S. The Morgan fingerprint density at radius 2 is 1.95 bits per heavy atom. The average Bonchev–Trinajstić information content (AvgIpc) is 2.31. The average molecular weight is 303 g/mol. The van der Waals surface area contributed by atoms with Crippen LogP contribution < -0.4 is 10.5 Å². The van der Waals surface area contributed by atoms with Gasteiger partial charge in [-0.25, -0.2) is 12.8 Å². The van der Waals surface area contributed by atoms with Crippen LogP contribution in [0.4, 0.5) is 4.39 Å². The van der Waals surface area contributed by atoms with Crippen molar-refractivity contribution in [3.05, 3.63) is 29.6 Å². The highest BCUT2D eigenvalue weighted by Gasteiger charge is 2.28. The first kappa shape index (κ1) is 16.9. The first-order chi connectivity index (χ1) is 9.19. The summed E-state index contributed by atoms with van der Waals surface area (Å²) in [6, 6.07) is 4.59. The Balaban J connectivity index is 2.77. The number of rotatable bonds is 6. The molecule has 1 aromatic carbocycles. The van der Waals surface area contributed by atoms with Crippen molar-refractivity contribution >= 4 is 9.84 Å². The van der Waals surface area contributed by atoms with Crippen LogP contribution in [0.15, 0.2) is 18.2 Å². The van der Waals surface area contributed by atoms with Crippen molar-refractivity contribution in [3.63, 3.8) is 0 Å². The lowest BCUT2D eigenvalue weighted by Crippen LogP contribution is -2.32. The largest absolute Gasteiger partial charge is 0.489 e. The molecule has 6 heteroatoms. The smallest absolute Gasteiger partial charge is 0.165 e. The number of benzene rings is 1. The highest BCUT2D eigenvalue weighted by Crippen LogP contribution is 2.23. The van der Waals surface area contributed by atoms with Gasteiger partial charge in [-0.1, -0.05) is 12.1 Å². The molecule has 0 radical (unpaired) electrons. The van der Waals surface area contributed by atoms with E-state index in [1.807, 2.05) is 0 Å². The van der Waals surface area contributed by atoms with Crippen LogP contribution in [0.2, 0.25) is 0 Å². The fourth-order valence-corrected chi connectivity index (χ4v) is 2.54. The third-order valence-corrected chi connectivity index (χ3v) is 5.56. The van der Waals surface area contributed by atoms with Crippen molar-refractivity contribution in [2.45, 2.75) is 31.9 Å². The van der Waals surface area contributed by atoms with Crippen LogP contribution in [0.1, 0.15) is 26.3 Å². The van der Waals surface area contributed by atoms with Gasteiger partial charge >= 0.3 is 0 Å². The SMILES string of the molecule is CC(C)(C)S(=O)(=O)CCOc1c(F)cccc1CCN. The lowest BCUT2D eigenvalue weighted by Gasteiger charge is -2.19. The van der Waals surface area contributed by atoms with Crippen LogP contribution in [-0.4, -0.2) is 32.1 Å². The molecule has 0 aliphatic rings. The fraction of sp³-hybridized carbons (Fsp3) is 0.571. The minimum Gasteiger partial charge on any atom is -0.489 e. The third-order valence-electron chi connectivity index (χ3n) is 2.99. The van der Waals surface area contributed by atoms with E-state index in [2.05, 4.69) is 0 Å². The topological polar surface area (TPSA) is 69.4 Å². The van der Waals surface area contributed by atoms with E-state index in [0.29, 0.717) is 18.5 Å². The Kier molecular flexibility index (Phi) is 5.53. The molecule has 0 saturated carbocycles. The number of ether oxygens (including phenoxy) is 1. The van der Waals surface area contributed by atoms with E-state index in [9.17, 15) is 12.8 Å². The van der Waals surface area contributed by atoms with Gasteiger partial charge in [0.1, 0.15) is 6.61 Å². The summed E-state index contributed by atoms with van der Waals surface area (Å²) in [7, 11) is -3.28. The van der Waals surface area contributed by atoms with Crippen LogP contribution in [0.5, 0.6) is 5.75 Å². The zero-order chi connectivity index (χ0) is 15.4. The molecule has 0 fully saturated rings. The van der Waals surface area contributed by atoms with E-state index >= 15 is 0 Å². The fourth-order valence-electron chi connectivity index (χ4n) is 1.63.